The molecule has 39 heavy (non-hydrogen) atoms. The van der Waals surface area contributed by atoms with E-state index in [9.17, 15) is 13.2 Å². The van der Waals surface area contributed by atoms with Gasteiger partial charge in [-0.05, 0) is 48.4 Å². The van der Waals surface area contributed by atoms with Gasteiger partial charge in [0.25, 0.3) is 5.91 Å². The fourth-order valence-electron chi connectivity index (χ4n) is 3.80. The Hall–Kier alpha value is -4.46. The smallest absolute Gasteiger partial charge is 0.277 e. The number of rotatable bonds is 11. The maximum atomic E-state index is 13.6. The van der Waals surface area contributed by atoms with Crippen molar-refractivity contribution in [2.45, 2.75) is 17.4 Å². The van der Waals surface area contributed by atoms with Crippen LogP contribution in [0.4, 0.5) is 5.69 Å². The van der Waals surface area contributed by atoms with Gasteiger partial charge in [-0.2, -0.15) is 5.11 Å². The summed E-state index contributed by atoms with van der Waals surface area (Å²) in [7, 11) is -2.51. The number of nitrogens with zero attached hydrogens (tertiary/aromatic N) is 2. The minimum absolute atomic E-state index is 0.0640. The lowest BCUT2D eigenvalue weighted by Crippen LogP contribution is -2.30. The van der Waals surface area contributed by atoms with Crippen LogP contribution in [0.2, 0.25) is 0 Å². The summed E-state index contributed by atoms with van der Waals surface area (Å²) in [4.78, 5) is 17.0. The Kier molecular flexibility index (Phi) is 8.44. The van der Waals surface area contributed by atoms with Gasteiger partial charge in [-0.3, -0.25) is 10.2 Å². The number of amidine groups is 1. The van der Waals surface area contributed by atoms with Crippen molar-refractivity contribution in [2.24, 2.45) is 10.8 Å². The SMILES string of the molecule is CN/C=C(\N=N)C(=O)Nc1cccc(S(=O)(=O)NC(Cc2cccc(C(=N)N)c2)c2nc3ccccc3s2)c1. The Morgan fingerprint density at radius 3 is 2.62 bits per heavy atom. The van der Waals surface area contributed by atoms with Gasteiger partial charge in [0.15, 0.2) is 5.70 Å². The molecule has 4 rings (SSSR count). The largest absolute Gasteiger partial charge is 0.392 e. The molecule has 0 aliphatic heterocycles. The van der Waals surface area contributed by atoms with Crippen molar-refractivity contribution >= 4 is 49.0 Å². The van der Waals surface area contributed by atoms with E-state index >= 15 is 0 Å². The Labute approximate surface area is 229 Å². The minimum atomic E-state index is -4.07. The Bertz CT molecular complexity index is 1650. The molecule has 1 atom stereocenters. The maximum Gasteiger partial charge on any atom is 0.277 e. The highest BCUT2D eigenvalue weighted by molar-refractivity contribution is 7.89. The van der Waals surface area contributed by atoms with E-state index in [1.165, 1.54) is 41.8 Å². The fraction of sp³-hybridized carbons (Fsp3) is 0.115. The number of aromatic nitrogens is 1. The summed E-state index contributed by atoms with van der Waals surface area (Å²) in [6.45, 7) is 0. The molecule has 0 saturated carbocycles. The van der Waals surface area contributed by atoms with Crippen LogP contribution >= 0.6 is 11.3 Å². The van der Waals surface area contributed by atoms with Gasteiger partial charge in [0.05, 0.1) is 21.2 Å². The summed E-state index contributed by atoms with van der Waals surface area (Å²) in [6, 6.07) is 19.7. The van der Waals surface area contributed by atoms with Crippen LogP contribution in [-0.2, 0) is 21.2 Å². The number of carbonyl (C=O) groups is 1. The quantitative estimate of drug-likeness (QED) is 0.0697. The number of anilines is 1. The number of nitrogen functional groups attached to an aromatic ring is 1. The molecular weight excluding hydrogens is 536 g/mol. The molecule has 11 nitrogen and oxygen atoms in total. The summed E-state index contributed by atoms with van der Waals surface area (Å²) < 4.78 is 30.8. The summed E-state index contributed by atoms with van der Waals surface area (Å²) in [5.74, 6) is -0.752. The first-order valence-electron chi connectivity index (χ1n) is 11.7. The number of hydrogen-bond donors (Lipinski definition) is 6. The lowest BCUT2D eigenvalue weighted by atomic mass is 10.0. The van der Waals surface area contributed by atoms with E-state index < -0.39 is 22.0 Å². The first-order valence-corrected chi connectivity index (χ1v) is 14.0. The molecule has 0 fully saturated rings. The predicted octanol–water partition coefficient (Wildman–Crippen LogP) is 3.87. The number of benzene rings is 3. The van der Waals surface area contributed by atoms with Crippen molar-refractivity contribution in [3.05, 3.63) is 101 Å². The maximum absolute atomic E-state index is 13.6. The summed E-state index contributed by atoms with van der Waals surface area (Å²) in [5, 5.41) is 16.7. The molecule has 0 saturated heterocycles. The number of fused-ring (bicyclic) bond motifs is 1. The number of amides is 1. The molecule has 1 heterocycles. The highest BCUT2D eigenvalue weighted by Gasteiger charge is 2.25. The zero-order valence-electron chi connectivity index (χ0n) is 20.8. The van der Waals surface area contributed by atoms with Gasteiger partial charge in [-0.1, -0.05) is 36.4 Å². The topological polar surface area (TPSA) is 186 Å². The number of nitrogens with two attached hydrogens (primary N) is 1. The third-order valence-corrected chi connectivity index (χ3v) is 8.24. The molecule has 1 amide bonds. The number of nitrogens with one attached hydrogen (secondary N) is 5. The third kappa shape index (κ3) is 6.71. The Morgan fingerprint density at radius 1 is 1.13 bits per heavy atom. The second-order valence-electron chi connectivity index (χ2n) is 8.42. The average molecular weight is 563 g/mol. The molecule has 4 aromatic rings. The van der Waals surface area contributed by atoms with Crippen molar-refractivity contribution in [1.82, 2.24) is 15.0 Å². The third-order valence-electron chi connectivity index (χ3n) is 5.62. The van der Waals surface area contributed by atoms with Gasteiger partial charge in [0, 0.05) is 24.5 Å². The lowest BCUT2D eigenvalue weighted by molar-refractivity contribution is -0.113. The van der Waals surface area contributed by atoms with Crippen molar-refractivity contribution in [1.29, 1.82) is 10.9 Å². The minimum Gasteiger partial charge on any atom is -0.392 e. The number of carbonyl (C=O) groups excluding carboxylic acids is 1. The van der Waals surface area contributed by atoms with Crippen LogP contribution in [-0.4, -0.2) is 32.2 Å². The van der Waals surface area contributed by atoms with Crippen molar-refractivity contribution < 1.29 is 13.2 Å². The molecule has 1 unspecified atom stereocenters. The van der Waals surface area contributed by atoms with Crippen LogP contribution in [0.5, 0.6) is 0 Å². The van der Waals surface area contributed by atoms with E-state index in [0.29, 0.717) is 10.6 Å². The zero-order valence-corrected chi connectivity index (χ0v) is 22.4. The van der Waals surface area contributed by atoms with Gasteiger partial charge < -0.3 is 16.4 Å². The van der Waals surface area contributed by atoms with E-state index in [1.54, 1.807) is 25.2 Å². The standard InChI is InChI=1S/C26H26N8O3S2/c1-30-15-22(33-29)25(35)31-18-8-5-9-19(14-18)39(36,37)34-21(13-16-6-4-7-17(12-16)24(27)28)26-32-20-10-2-3-11-23(20)38-26/h2-12,14-15,21,29-30,34H,13H2,1H3,(H3,27,28)(H,31,35)/b22-15-,33-29?. The van der Waals surface area contributed by atoms with Crippen molar-refractivity contribution in [3.63, 3.8) is 0 Å². The van der Waals surface area contributed by atoms with Crippen LogP contribution in [0.25, 0.3) is 10.2 Å². The Balaban J connectivity index is 1.66. The van der Waals surface area contributed by atoms with Crippen LogP contribution in [0.3, 0.4) is 0 Å². The predicted molar refractivity (Wildman–Crippen MR) is 151 cm³/mol. The van der Waals surface area contributed by atoms with Gasteiger partial charge >= 0.3 is 0 Å². The molecule has 3 aromatic carbocycles. The van der Waals surface area contributed by atoms with E-state index in [1.807, 2.05) is 30.3 Å². The number of para-hydroxylation sites is 1. The summed E-state index contributed by atoms with van der Waals surface area (Å²) in [6.07, 6.45) is 1.52. The molecule has 13 heteroatoms. The van der Waals surface area contributed by atoms with Gasteiger partial charge in [0.1, 0.15) is 10.8 Å². The lowest BCUT2D eigenvalue weighted by Gasteiger charge is -2.18. The highest BCUT2D eigenvalue weighted by Crippen LogP contribution is 2.30. The molecule has 200 valence electrons. The molecule has 7 N–H and O–H groups in total. The van der Waals surface area contributed by atoms with Crippen LogP contribution < -0.4 is 21.1 Å². The number of sulfonamides is 1. The molecule has 1 aromatic heterocycles. The average Bonchev–Trinajstić information content (AvgIpc) is 3.36. The first-order chi connectivity index (χ1) is 18.7. The fourth-order valence-corrected chi connectivity index (χ4v) is 6.14. The van der Waals surface area contributed by atoms with Crippen LogP contribution in [0.1, 0.15) is 22.2 Å². The second kappa shape index (κ2) is 11.9. The molecule has 0 radical (unpaired) electrons. The van der Waals surface area contributed by atoms with Crippen LogP contribution in [0, 0.1) is 10.9 Å². The first kappa shape index (κ1) is 27.6. The molecule has 0 aliphatic rings. The van der Waals surface area contributed by atoms with Gasteiger partial charge in [-0.15, -0.1) is 11.3 Å². The van der Waals surface area contributed by atoms with Gasteiger partial charge in [-0.25, -0.2) is 23.7 Å². The van der Waals surface area contributed by atoms with Crippen molar-refractivity contribution in [3.8, 4) is 0 Å². The molecule has 0 bridgehead atoms. The van der Waals surface area contributed by atoms with Crippen molar-refractivity contribution in [2.75, 3.05) is 12.4 Å². The molecule has 0 aliphatic carbocycles. The van der Waals surface area contributed by atoms with E-state index in [0.717, 1.165) is 15.8 Å². The van der Waals surface area contributed by atoms with E-state index in [4.69, 9.17) is 16.7 Å². The number of hydrogen-bond acceptors (Lipinski definition) is 9. The summed E-state index contributed by atoms with van der Waals surface area (Å²) >= 11 is 1.39. The Morgan fingerprint density at radius 2 is 1.90 bits per heavy atom. The number of thiazole rings is 1. The van der Waals surface area contributed by atoms with Crippen LogP contribution in [0.15, 0.2) is 94.7 Å². The second-order valence-corrected chi connectivity index (χ2v) is 11.2. The normalized spacial score (nSPS) is 12.6. The zero-order chi connectivity index (χ0) is 28.0. The monoisotopic (exact) mass is 562 g/mol. The van der Waals surface area contributed by atoms with E-state index in [2.05, 4.69) is 25.5 Å². The van der Waals surface area contributed by atoms with Gasteiger partial charge in [0.2, 0.25) is 10.0 Å². The van der Waals surface area contributed by atoms with E-state index in [-0.39, 0.29) is 28.5 Å². The summed E-state index contributed by atoms with van der Waals surface area (Å²) in [5.41, 5.74) is 14.9. The molecular formula is C26H26N8O3S2. The molecule has 0 spiro atoms. The highest BCUT2D eigenvalue weighted by atomic mass is 32.2.